The van der Waals surface area contributed by atoms with E-state index in [0.29, 0.717) is 0 Å². The van der Waals surface area contributed by atoms with Crippen molar-refractivity contribution in [1.29, 1.82) is 0 Å². The van der Waals surface area contributed by atoms with Crippen LogP contribution >= 0.6 is 27.5 Å². The van der Waals surface area contributed by atoms with Gasteiger partial charge in [0.1, 0.15) is 0 Å². The van der Waals surface area contributed by atoms with Gasteiger partial charge in [-0.05, 0) is 43.4 Å². The highest BCUT2D eigenvalue weighted by Gasteiger charge is 2.12. The summed E-state index contributed by atoms with van der Waals surface area (Å²) in [7, 11) is 4.18. The van der Waals surface area contributed by atoms with E-state index in [1.165, 1.54) is 11.1 Å². The number of rotatable bonds is 6. The zero-order valence-corrected chi connectivity index (χ0v) is 14.7. The second-order valence-corrected chi connectivity index (χ2v) is 6.63. The number of hydrogen-bond acceptors (Lipinski definition) is 2. The minimum absolute atomic E-state index is 0.284. The second kappa shape index (κ2) is 7.95. The van der Waals surface area contributed by atoms with Crippen molar-refractivity contribution in [3.8, 4) is 0 Å². The molecule has 21 heavy (non-hydrogen) atoms. The molecule has 2 rings (SSSR count). The molecule has 4 heteroatoms. The smallest absolute Gasteiger partial charge is 0.0451 e. The Morgan fingerprint density at radius 1 is 1.14 bits per heavy atom. The lowest BCUT2D eigenvalue weighted by Crippen LogP contribution is -2.31. The number of benzene rings is 2. The van der Waals surface area contributed by atoms with Crippen LogP contribution in [0.1, 0.15) is 17.2 Å². The van der Waals surface area contributed by atoms with Crippen molar-refractivity contribution in [3.05, 3.63) is 69.2 Å². The molecule has 0 bridgehead atoms. The molecule has 1 unspecified atom stereocenters. The number of nitrogens with zero attached hydrogens (tertiary/aromatic N) is 1. The van der Waals surface area contributed by atoms with E-state index in [0.717, 1.165) is 22.6 Å². The van der Waals surface area contributed by atoms with Crippen LogP contribution in [-0.2, 0) is 6.54 Å². The van der Waals surface area contributed by atoms with E-state index < -0.39 is 0 Å². The molecule has 0 amide bonds. The van der Waals surface area contributed by atoms with E-state index in [-0.39, 0.29) is 6.04 Å². The molecule has 2 nitrogen and oxygen atoms in total. The normalized spacial score (nSPS) is 12.6. The first-order valence-corrected chi connectivity index (χ1v) is 8.10. The topological polar surface area (TPSA) is 15.3 Å². The summed E-state index contributed by atoms with van der Waals surface area (Å²) in [5.41, 5.74) is 2.46. The first-order chi connectivity index (χ1) is 10.1. The largest absolute Gasteiger partial charge is 0.308 e. The number of halogens is 2. The van der Waals surface area contributed by atoms with Gasteiger partial charge >= 0.3 is 0 Å². The molecule has 0 aromatic heterocycles. The Labute approximate surface area is 140 Å². The number of likely N-dealkylation sites (N-methyl/N-ethyl adjacent to an activating group) is 1. The molecular weight excluding hydrogens is 348 g/mol. The highest BCUT2D eigenvalue weighted by atomic mass is 79.9. The van der Waals surface area contributed by atoms with Crippen LogP contribution in [0.15, 0.2) is 53.0 Å². The summed E-state index contributed by atoms with van der Waals surface area (Å²) in [6.07, 6.45) is 0. The molecule has 0 saturated heterocycles. The molecule has 0 fully saturated rings. The van der Waals surface area contributed by atoms with Crippen molar-refractivity contribution in [1.82, 2.24) is 10.2 Å². The van der Waals surface area contributed by atoms with E-state index in [9.17, 15) is 0 Å². The Balaban J connectivity index is 2.10. The minimum atomic E-state index is 0.284. The van der Waals surface area contributed by atoms with Crippen LogP contribution in [0.3, 0.4) is 0 Å². The maximum Gasteiger partial charge on any atom is 0.0451 e. The van der Waals surface area contributed by atoms with Crippen molar-refractivity contribution in [2.24, 2.45) is 0 Å². The lowest BCUT2D eigenvalue weighted by atomic mass is 10.1. The van der Waals surface area contributed by atoms with E-state index in [1.54, 1.807) is 0 Å². The monoisotopic (exact) mass is 366 g/mol. The van der Waals surface area contributed by atoms with Crippen LogP contribution in [-0.4, -0.2) is 25.5 Å². The average molecular weight is 368 g/mol. The maximum atomic E-state index is 6.08. The van der Waals surface area contributed by atoms with Crippen LogP contribution in [0, 0.1) is 0 Å². The fraction of sp³-hybridized carbons (Fsp3) is 0.294. The van der Waals surface area contributed by atoms with Crippen LogP contribution in [0.4, 0.5) is 0 Å². The summed E-state index contributed by atoms with van der Waals surface area (Å²) in [6, 6.07) is 16.7. The molecule has 0 spiro atoms. The first-order valence-electron chi connectivity index (χ1n) is 6.93. The van der Waals surface area contributed by atoms with Crippen molar-refractivity contribution in [2.75, 3.05) is 20.6 Å². The minimum Gasteiger partial charge on any atom is -0.308 e. The molecule has 0 radical (unpaired) electrons. The molecule has 112 valence electrons. The van der Waals surface area contributed by atoms with Gasteiger partial charge in [-0.1, -0.05) is 57.9 Å². The van der Waals surface area contributed by atoms with Crippen LogP contribution < -0.4 is 5.32 Å². The summed E-state index contributed by atoms with van der Waals surface area (Å²) in [5, 5.41) is 4.38. The van der Waals surface area contributed by atoms with E-state index in [2.05, 4.69) is 64.5 Å². The van der Waals surface area contributed by atoms with Crippen LogP contribution in [0.25, 0.3) is 0 Å². The third-order valence-corrected chi connectivity index (χ3v) is 4.31. The molecule has 2 aromatic rings. The Hall–Kier alpha value is -0.870. The fourth-order valence-corrected chi connectivity index (χ4v) is 2.83. The van der Waals surface area contributed by atoms with E-state index in [4.69, 9.17) is 11.6 Å². The van der Waals surface area contributed by atoms with Gasteiger partial charge in [0.15, 0.2) is 0 Å². The van der Waals surface area contributed by atoms with E-state index >= 15 is 0 Å². The molecule has 0 heterocycles. The predicted octanol–water partition coefficient (Wildman–Crippen LogP) is 4.50. The van der Waals surface area contributed by atoms with Gasteiger partial charge in [-0.25, -0.2) is 0 Å². The molecule has 1 N–H and O–H groups in total. The van der Waals surface area contributed by atoms with Crippen LogP contribution in [0.2, 0.25) is 5.02 Å². The van der Waals surface area contributed by atoms with Crippen molar-refractivity contribution >= 4 is 27.5 Å². The van der Waals surface area contributed by atoms with E-state index in [1.807, 2.05) is 24.3 Å². The summed E-state index contributed by atoms with van der Waals surface area (Å²) >= 11 is 9.66. The quantitative estimate of drug-likeness (QED) is 0.809. The molecule has 0 aliphatic carbocycles. The number of nitrogens with one attached hydrogen (secondary N) is 1. The third-order valence-electron chi connectivity index (χ3n) is 3.30. The molecule has 2 aromatic carbocycles. The molecule has 0 saturated carbocycles. The zero-order chi connectivity index (χ0) is 15.2. The van der Waals surface area contributed by atoms with Gasteiger partial charge in [-0.2, -0.15) is 0 Å². The number of hydrogen-bond donors (Lipinski definition) is 1. The van der Waals surface area contributed by atoms with Crippen molar-refractivity contribution in [3.63, 3.8) is 0 Å². The Morgan fingerprint density at radius 3 is 2.52 bits per heavy atom. The molecular formula is C17H20BrClN2. The maximum absolute atomic E-state index is 6.08. The molecule has 0 aliphatic heterocycles. The van der Waals surface area contributed by atoms with Gasteiger partial charge in [-0.15, -0.1) is 0 Å². The molecule has 0 aliphatic rings. The van der Waals surface area contributed by atoms with Gasteiger partial charge < -0.3 is 10.2 Å². The summed E-state index contributed by atoms with van der Waals surface area (Å²) < 4.78 is 1.08. The standard InChI is InChI=1S/C17H20BrClN2/c1-21(2)12-17(13-6-4-3-5-7-13)20-11-14-10-15(19)8-9-16(14)18/h3-10,17,20H,11-12H2,1-2H3. The zero-order valence-electron chi connectivity index (χ0n) is 12.3. The lowest BCUT2D eigenvalue weighted by molar-refractivity contribution is 0.340. The highest BCUT2D eigenvalue weighted by Crippen LogP contribution is 2.22. The van der Waals surface area contributed by atoms with Crippen molar-refractivity contribution < 1.29 is 0 Å². The Morgan fingerprint density at radius 2 is 1.86 bits per heavy atom. The van der Waals surface area contributed by atoms with Gasteiger partial charge in [-0.3, -0.25) is 0 Å². The lowest BCUT2D eigenvalue weighted by Gasteiger charge is -2.23. The highest BCUT2D eigenvalue weighted by molar-refractivity contribution is 9.10. The summed E-state index contributed by atoms with van der Waals surface area (Å²) in [5.74, 6) is 0. The molecule has 1 atom stereocenters. The van der Waals surface area contributed by atoms with Crippen molar-refractivity contribution in [2.45, 2.75) is 12.6 Å². The Bertz CT molecular complexity index is 572. The fourth-order valence-electron chi connectivity index (χ4n) is 2.25. The summed E-state index contributed by atoms with van der Waals surface area (Å²) in [6.45, 7) is 1.72. The SMILES string of the molecule is CN(C)CC(NCc1cc(Cl)ccc1Br)c1ccccc1. The predicted molar refractivity (Wildman–Crippen MR) is 93.7 cm³/mol. The Kier molecular flexibility index (Phi) is 6.24. The van der Waals surface area contributed by atoms with Gasteiger partial charge in [0, 0.05) is 28.6 Å². The van der Waals surface area contributed by atoms with Gasteiger partial charge in [0.2, 0.25) is 0 Å². The van der Waals surface area contributed by atoms with Gasteiger partial charge in [0.25, 0.3) is 0 Å². The first kappa shape index (κ1) is 16.5. The van der Waals surface area contributed by atoms with Crippen LogP contribution in [0.5, 0.6) is 0 Å². The third kappa shape index (κ3) is 5.11. The second-order valence-electron chi connectivity index (χ2n) is 5.34. The van der Waals surface area contributed by atoms with Gasteiger partial charge in [0.05, 0.1) is 0 Å². The average Bonchev–Trinajstić information content (AvgIpc) is 2.47. The summed E-state index contributed by atoms with van der Waals surface area (Å²) in [4.78, 5) is 2.19.